The van der Waals surface area contributed by atoms with Crippen molar-refractivity contribution >= 4 is 66.2 Å². The fourth-order valence-electron chi connectivity index (χ4n) is 2.38. The van der Waals surface area contributed by atoms with Crippen LogP contribution >= 0.6 is 34.8 Å². The molecule has 0 spiro atoms. The zero-order chi connectivity index (χ0) is 21.2. The average Bonchev–Trinajstić information content (AvgIpc) is 2.65. The van der Waals surface area contributed by atoms with Crippen LogP contribution in [0.1, 0.15) is 0 Å². The molecule has 0 saturated heterocycles. The second kappa shape index (κ2) is 8.41. The van der Waals surface area contributed by atoms with Gasteiger partial charge in [-0.2, -0.15) is 0 Å². The zero-order valence-electron chi connectivity index (χ0n) is 14.4. The number of halogens is 3. The lowest BCUT2D eigenvalue weighted by Crippen LogP contribution is -2.16. The van der Waals surface area contributed by atoms with E-state index in [4.69, 9.17) is 34.8 Å². The average molecular weight is 492 g/mol. The summed E-state index contributed by atoms with van der Waals surface area (Å²) < 4.78 is 55.2. The highest BCUT2D eigenvalue weighted by atomic mass is 35.5. The Morgan fingerprint density at radius 1 is 0.655 bits per heavy atom. The van der Waals surface area contributed by atoms with Gasteiger partial charge < -0.3 is 0 Å². The maximum atomic E-state index is 12.7. The number of sulfonamides is 2. The van der Waals surface area contributed by atoms with E-state index in [1.165, 1.54) is 48.5 Å². The molecule has 0 aliphatic rings. The quantitative estimate of drug-likeness (QED) is 0.493. The summed E-state index contributed by atoms with van der Waals surface area (Å²) in [5.74, 6) is 0. The van der Waals surface area contributed by atoms with Crippen molar-refractivity contribution in [1.29, 1.82) is 0 Å². The molecule has 29 heavy (non-hydrogen) atoms. The molecule has 0 amide bonds. The third-order valence-electron chi connectivity index (χ3n) is 3.72. The molecule has 0 atom stereocenters. The lowest BCUT2D eigenvalue weighted by molar-refractivity contribution is 0.598. The van der Waals surface area contributed by atoms with E-state index in [1.807, 2.05) is 0 Å². The molecule has 2 N–H and O–H groups in total. The highest BCUT2D eigenvalue weighted by Gasteiger charge is 2.21. The number of hydrogen-bond donors (Lipinski definition) is 2. The number of hydrogen-bond acceptors (Lipinski definition) is 4. The molecule has 6 nitrogen and oxygen atoms in total. The van der Waals surface area contributed by atoms with Gasteiger partial charge in [-0.1, -0.05) is 59.1 Å². The standard InChI is InChI=1S/C18H13Cl3N2O4S2/c19-14-7-1-2-9-16(14)23-28(24,25)13-6-3-5-12(11-13)22-29(26,27)17-10-4-8-15(20)18(17)21/h1-11,22-23H. The lowest BCUT2D eigenvalue weighted by atomic mass is 10.3. The van der Waals surface area contributed by atoms with Gasteiger partial charge >= 0.3 is 0 Å². The van der Waals surface area contributed by atoms with Gasteiger partial charge in [0.05, 0.1) is 31.3 Å². The Bertz CT molecular complexity index is 1280. The van der Waals surface area contributed by atoms with Gasteiger partial charge in [0.1, 0.15) is 4.90 Å². The minimum Gasteiger partial charge on any atom is -0.280 e. The normalized spacial score (nSPS) is 11.8. The molecule has 0 aliphatic heterocycles. The van der Waals surface area contributed by atoms with Crippen LogP contribution in [0.15, 0.2) is 76.5 Å². The second-order valence-corrected chi connectivity index (χ2v) is 10.3. The first-order chi connectivity index (χ1) is 13.6. The summed E-state index contributed by atoms with van der Waals surface area (Å²) in [5, 5.41) is 0.171. The Labute approximate surface area is 183 Å². The van der Waals surface area contributed by atoms with Crippen LogP contribution in [0.25, 0.3) is 0 Å². The number of para-hydroxylation sites is 1. The van der Waals surface area contributed by atoms with Crippen LogP contribution in [0.3, 0.4) is 0 Å². The van der Waals surface area contributed by atoms with Gasteiger partial charge in [0.2, 0.25) is 0 Å². The summed E-state index contributed by atoms with van der Waals surface area (Å²) in [6.45, 7) is 0. The van der Waals surface area contributed by atoms with Crippen LogP contribution in [0, 0.1) is 0 Å². The van der Waals surface area contributed by atoms with E-state index in [0.29, 0.717) is 0 Å². The number of rotatable bonds is 6. The zero-order valence-corrected chi connectivity index (χ0v) is 18.3. The summed E-state index contributed by atoms with van der Waals surface area (Å²) in [6.07, 6.45) is 0. The van der Waals surface area contributed by atoms with E-state index < -0.39 is 20.0 Å². The van der Waals surface area contributed by atoms with Gasteiger partial charge in [0, 0.05) is 0 Å². The van der Waals surface area contributed by atoms with Gasteiger partial charge in [0.25, 0.3) is 20.0 Å². The van der Waals surface area contributed by atoms with Crippen molar-refractivity contribution in [2.45, 2.75) is 9.79 Å². The van der Waals surface area contributed by atoms with E-state index in [-0.39, 0.29) is 36.2 Å². The molecule has 0 bridgehead atoms. The highest BCUT2D eigenvalue weighted by molar-refractivity contribution is 7.93. The van der Waals surface area contributed by atoms with Gasteiger partial charge in [0.15, 0.2) is 0 Å². The van der Waals surface area contributed by atoms with Crippen LogP contribution < -0.4 is 9.44 Å². The molecule has 0 heterocycles. The minimum atomic E-state index is -4.10. The van der Waals surface area contributed by atoms with Crippen LogP contribution in [0.4, 0.5) is 11.4 Å². The maximum absolute atomic E-state index is 12.7. The Morgan fingerprint density at radius 2 is 1.31 bits per heavy atom. The van der Waals surface area contributed by atoms with Gasteiger partial charge in [-0.3, -0.25) is 9.44 Å². The molecule has 0 radical (unpaired) electrons. The Kier molecular flexibility index (Phi) is 6.30. The number of anilines is 2. The first-order valence-electron chi connectivity index (χ1n) is 7.94. The maximum Gasteiger partial charge on any atom is 0.263 e. The molecular formula is C18H13Cl3N2O4S2. The largest absolute Gasteiger partial charge is 0.280 e. The van der Waals surface area contributed by atoms with Crippen molar-refractivity contribution < 1.29 is 16.8 Å². The van der Waals surface area contributed by atoms with Crippen molar-refractivity contribution in [2.24, 2.45) is 0 Å². The van der Waals surface area contributed by atoms with Crippen LogP contribution in [-0.2, 0) is 20.0 Å². The predicted molar refractivity (Wildman–Crippen MR) is 116 cm³/mol. The molecule has 11 heteroatoms. The third-order valence-corrected chi connectivity index (χ3v) is 7.77. The van der Waals surface area contributed by atoms with E-state index in [2.05, 4.69) is 9.44 Å². The Morgan fingerprint density at radius 3 is 2.03 bits per heavy atom. The first-order valence-corrected chi connectivity index (χ1v) is 12.0. The Hall–Kier alpha value is -1.97. The van der Waals surface area contributed by atoms with Crippen molar-refractivity contribution in [3.05, 3.63) is 81.8 Å². The lowest BCUT2D eigenvalue weighted by Gasteiger charge is -2.13. The van der Waals surface area contributed by atoms with Crippen molar-refractivity contribution in [2.75, 3.05) is 9.44 Å². The SMILES string of the molecule is O=S(=O)(Nc1ccccc1Cl)c1cccc(NS(=O)(=O)c2cccc(Cl)c2Cl)c1. The molecule has 0 fully saturated rings. The molecule has 3 aromatic rings. The monoisotopic (exact) mass is 490 g/mol. The van der Waals surface area contributed by atoms with E-state index in [1.54, 1.807) is 18.2 Å². The molecule has 0 unspecified atom stereocenters. The predicted octanol–water partition coefficient (Wildman–Crippen LogP) is 5.25. The molecule has 0 aromatic heterocycles. The molecule has 3 rings (SSSR count). The smallest absolute Gasteiger partial charge is 0.263 e. The van der Waals surface area contributed by atoms with Gasteiger partial charge in [-0.25, -0.2) is 16.8 Å². The molecule has 0 saturated carbocycles. The fourth-order valence-corrected chi connectivity index (χ4v) is 5.55. The molecule has 0 aliphatic carbocycles. The highest BCUT2D eigenvalue weighted by Crippen LogP contribution is 2.31. The first kappa shape index (κ1) is 21.7. The van der Waals surface area contributed by atoms with Crippen LogP contribution in [-0.4, -0.2) is 16.8 Å². The summed E-state index contributed by atoms with van der Waals surface area (Å²) in [7, 11) is -8.11. The van der Waals surface area contributed by atoms with Crippen LogP contribution in [0.5, 0.6) is 0 Å². The van der Waals surface area contributed by atoms with E-state index >= 15 is 0 Å². The van der Waals surface area contributed by atoms with E-state index in [0.717, 1.165) is 0 Å². The second-order valence-electron chi connectivity index (χ2n) is 5.77. The topological polar surface area (TPSA) is 92.3 Å². The summed E-state index contributed by atoms with van der Waals surface area (Å²) in [6, 6.07) is 15.8. The number of nitrogens with one attached hydrogen (secondary N) is 2. The minimum absolute atomic E-state index is 0.0306. The van der Waals surface area contributed by atoms with Gasteiger partial charge in [-0.15, -0.1) is 0 Å². The van der Waals surface area contributed by atoms with Crippen molar-refractivity contribution in [3.63, 3.8) is 0 Å². The van der Waals surface area contributed by atoms with E-state index in [9.17, 15) is 16.8 Å². The van der Waals surface area contributed by atoms with Crippen molar-refractivity contribution in [1.82, 2.24) is 0 Å². The van der Waals surface area contributed by atoms with Crippen LogP contribution in [0.2, 0.25) is 15.1 Å². The molecular weight excluding hydrogens is 479 g/mol. The van der Waals surface area contributed by atoms with Crippen molar-refractivity contribution in [3.8, 4) is 0 Å². The molecule has 3 aromatic carbocycles. The molecule has 152 valence electrons. The summed E-state index contributed by atoms with van der Waals surface area (Å²) >= 11 is 17.8. The summed E-state index contributed by atoms with van der Waals surface area (Å²) in [4.78, 5) is -0.385. The third kappa shape index (κ3) is 4.96. The van der Waals surface area contributed by atoms with Gasteiger partial charge in [-0.05, 0) is 42.5 Å². The fraction of sp³-hybridized carbons (Fsp3) is 0. The Balaban J connectivity index is 1.91. The number of benzene rings is 3. The summed E-state index contributed by atoms with van der Waals surface area (Å²) in [5.41, 5.74) is 0.230.